The van der Waals surface area contributed by atoms with Gasteiger partial charge in [0.2, 0.25) is 5.89 Å². The highest BCUT2D eigenvalue weighted by molar-refractivity contribution is 5.89. The van der Waals surface area contributed by atoms with Crippen LogP contribution < -0.4 is 19.5 Å². The molecule has 0 aliphatic rings. The Morgan fingerprint density at radius 2 is 1.72 bits per heavy atom. The summed E-state index contributed by atoms with van der Waals surface area (Å²) in [5, 5.41) is 10.6. The molecule has 2 aromatic carbocycles. The van der Waals surface area contributed by atoms with E-state index in [1.54, 1.807) is 21.3 Å². The maximum Gasteiger partial charge on any atom is 0.308 e. The van der Waals surface area contributed by atoms with Crippen molar-refractivity contribution in [3.8, 4) is 17.2 Å². The van der Waals surface area contributed by atoms with E-state index in [0.29, 0.717) is 36.8 Å². The van der Waals surface area contributed by atoms with Gasteiger partial charge in [0, 0.05) is 12.1 Å². The fourth-order valence-electron chi connectivity index (χ4n) is 2.86. The zero-order chi connectivity index (χ0) is 20.6. The number of benzene rings is 2. The molecule has 0 aliphatic heterocycles. The van der Waals surface area contributed by atoms with Crippen LogP contribution in [0.15, 0.2) is 46.9 Å². The van der Waals surface area contributed by atoms with Crippen LogP contribution in [0, 0.1) is 0 Å². The third kappa shape index (κ3) is 5.04. The lowest BCUT2D eigenvalue weighted by Crippen LogP contribution is -2.26. The maximum absolute atomic E-state index is 12.3. The SMILES string of the molecule is COc1ccccc1Cc1nnc(C(=O)NCCc2ccc(OC)c(OC)c2)o1. The highest BCUT2D eigenvalue weighted by Gasteiger charge is 2.16. The Morgan fingerprint density at radius 3 is 2.48 bits per heavy atom. The van der Waals surface area contributed by atoms with Crippen molar-refractivity contribution in [1.29, 1.82) is 0 Å². The number of nitrogens with one attached hydrogen (secondary N) is 1. The van der Waals surface area contributed by atoms with Gasteiger partial charge < -0.3 is 23.9 Å². The Hall–Kier alpha value is -3.55. The second-order valence-electron chi connectivity index (χ2n) is 6.18. The standard InChI is InChI=1S/C21H23N3O5/c1-26-16-7-5-4-6-15(16)13-19-23-24-21(29-19)20(25)22-11-10-14-8-9-17(27-2)18(12-14)28-3/h4-9,12H,10-11,13H2,1-3H3,(H,22,25). The summed E-state index contributed by atoms with van der Waals surface area (Å²) in [6.45, 7) is 0.415. The molecule has 0 spiro atoms. The van der Waals surface area contributed by atoms with Gasteiger partial charge in [0.25, 0.3) is 0 Å². The molecule has 1 aromatic heterocycles. The first-order valence-corrected chi connectivity index (χ1v) is 9.08. The van der Waals surface area contributed by atoms with Gasteiger partial charge in [-0.15, -0.1) is 10.2 Å². The number of aromatic nitrogens is 2. The first kappa shape index (κ1) is 20.2. The summed E-state index contributed by atoms with van der Waals surface area (Å²) in [6, 6.07) is 13.2. The molecule has 152 valence electrons. The van der Waals surface area contributed by atoms with Gasteiger partial charge in [0.05, 0.1) is 27.8 Å². The van der Waals surface area contributed by atoms with Crippen LogP contribution in [-0.2, 0) is 12.8 Å². The molecule has 0 saturated carbocycles. The number of carbonyl (C=O) groups is 1. The number of hydrogen-bond donors (Lipinski definition) is 1. The normalized spacial score (nSPS) is 10.4. The molecule has 0 unspecified atom stereocenters. The fraction of sp³-hybridized carbons (Fsp3) is 0.286. The highest BCUT2D eigenvalue weighted by atomic mass is 16.5. The van der Waals surface area contributed by atoms with Crippen LogP contribution in [0.1, 0.15) is 27.7 Å². The minimum Gasteiger partial charge on any atom is -0.496 e. The van der Waals surface area contributed by atoms with Gasteiger partial charge in [-0.1, -0.05) is 24.3 Å². The Kier molecular flexibility index (Phi) is 6.67. The second-order valence-corrected chi connectivity index (χ2v) is 6.18. The summed E-state index contributed by atoms with van der Waals surface area (Å²) in [5.74, 6) is 1.90. The van der Waals surface area contributed by atoms with E-state index in [1.165, 1.54) is 0 Å². The largest absolute Gasteiger partial charge is 0.496 e. The van der Waals surface area contributed by atoms with Crippen LogP contribution in [0.3, 0.4) is 0 Å². The average Bonchev–Trinajstić information content (AvgIpc) is 3.22. The van der Waals surface area contributed by atoms with E-state index in [0.717, 1.165) is 16.9 Å². The first-order chi connectivity index (χ1) is 14.1. The smallest absolute Gasteiger partial charge is 0.308 e. The molecule has 8 heteroatoms. The zero-order valence-corrected chi connectivity index (χ0v) is 16.6. The van der Waals surface area contributed by atoms with E-state index in [-0.39, 0.29) is 5.89 Å². The molecule has 1 N–H and O–H groups in total. The van der Waals surface area contributed by atoms with Gasteiger partial charge >= 0.3 is 11.8 Å². The Morgan fingerprint density at radius 1 is 0.966 bits per heavy atom. The lowest BCUT2D eigenvalue weighted by Gasteiger charge is -2.09. The fourth-order valence-corrected chi connectivity index (χ4v) is 2.86. The molecular weight excluding hydrogens is 374 g/mol. The Bertz CT molecular complexity index is 970. The number of amides is 1. The van der Waals surface area contributed by atoms with Crippen molar-refractivity contribution in [1.82, 2.24) is 15.5 Å². The van der Waals surface area contributed by atoms with Crippen LogP contribution in [0.5, 0.6) is 17.2 Å². The van der Waals surface area contributed by atoms with Gasteiger partial charge in [-0.05, 0) is 30.2 Å². The lowest BCUT2D eigenvalue weighted by molar-refractivity contribution is 0.0918. The summed E-state index contributed by atoms with van der Waals surface area (Å²) in [6.07, 6.45) is 1.00. The van der Waals surface area contributed by atoms with Crippen LogP contribution in [0.4, 0.5) is 0 Å². The Balaban J connectivity index is 1.55. The summed E-state index contributed by atoms with van der Waals surface area (Å²) in [5.41, 5.74) is 1.91. The van der Waals surface area contributed by atoms with Crippen LogP contribution in [0.25, 0.3) is 0 Å². The van der Waals surface area contributed by atoms with Crippen molar-refractivity contribution >= 4 is 5.91 Å². The summed E-state index contributed by atoms with van der Waals surface area (Å²) < 4.78 is 21.3. The molecule has 0 aliphatic carbocycles. The van der Waals surface area contributed by atoms with E-state index >= 15 is 0 Å². The number of carbonyl (C=O) groups excluding carboxylic acids is 1. The van der Waals surface area contributed by atoms with E-state index in [4.69, 9.17) is 18.6 Å². The molecule has 1 amide bonds. The molecule has 0 radical (unpaired) electrons. The molecule has 3 aromatic rings. The number of ether oxygens (including phenoxy) is 3. The summed E-state index contributed by atoms with van der Waals surface area (Å²) >= 11 is 0. The lowest BCUT2D eigenvalue weighted by atomic mass is 10.1. The quantitative estimate of drug-likeness (QED) is 0.593. The molecule has 0 atom stereocenters. The zero-order valence-electron chi connectivity index (χ0n) is 16.6. The van der Waals surface area contributed by atoms with Gasteiger partial charge in [0.1, 0.15) is 5.75 Å². The van der Waals surface area contributed by atoms with E-state index < -0.39 is 5.91 Å². The predicted molar refractivity (Wildman–Crippen MR) is 106 cm³/mol. The number of hydrogen-bond acceptors (Lipinski definition) is 7. The van der Waals surface area contributed by atoms with Gasteiger partial charge in [-0.2, -0.15) is 0 Å². The molecule has 3 rings (SSSR count). The molecule has 1 heterocycles. The monoisotopic (exact) mass is 397 g/mol. The maximum atomic E-state index is 12.3. The van der Waals surface area contributed by atoms with Gasteiger partial charge in [-0.3, -0.25) is 4.79 Å². The van der Waals surface area contributed by atoms with Crippen LogP contribution in [0.2, 0.25) is 0 Å². The van der Waals surface area contributed by atoms with E-state index in [9.17, 15) is 4.79 Å². The summed E-state index contributed by atoms with van der Waals surface area (Å²) in [4.78, 5) is 12.3. The highest BCUT2D eigenvalue weighted by Crippen LogP contribution is 2.27. The molecule has 29 heavy (non-hydrogen) atoms. The van der Waals surface area contributed by atoms with Crippen molar-refractivity contribution in [2.45, 2.75) is 12.8 Å². The molecule has 0 bridgehead atoms. The number of nitrogens with zero attached hydrogens (tertiary/aromatic N) is 2. The molecular formula is C21H23N3O5. The third-order valence-corrected chi connectivity index (χ3v) is 4.34. The van der Waals surface area contributed by atoms with Crippen molar-refractivity contribution < 1.29 is 23.4 Å². The van der Waals surface area contributed by atoms with Crippen LogP contribution >= 0.6 is 0 Å². The van der Waals surface area contributed by atoms with Crippen molar-refractivity contribution in [3.63, 3.8) is 0 Å². The van der Waals surface area contributed by atoms with Crippen molar-refractivity contribution in [3.05, 3.63) is 65.4 Å². The third-order valence-electron chi connectivity index (χ3n) is 4.34. The van der Waals surface area contributed by atoms with Crippen LogP contribution in [-0.4, -0.2) is 44.0 Å². The molecule has 0 saturated heterocycles. The van der Waals surface area contributed by atoms with E-state index in [2.05, 4.69) is 15.5 Å². The van der Waals surface area contributed by atoms with Gasteiger partial charge in [-0.25, -0.2) is 0 Å². The Labute approximate surface area is 168 Å². The predicted octanol–water partition coefficient (Wildman–Crippen LogP) is 2.66. The second kappa shape index (κ2) is 9.59. The summed E-state index contributed by atoms with van der Waals surface area (Å²) in [7, 11) is 4.77. The number of rotatable bonds is 9. The molecule has 0 fully saturated rings. The van der Waals surface area contributed by atoms with Crippen molar-refractivity contribution in [2.75, 3.05) is 27.9 Å². The van der Waals surface area contributed by atoms with Crippen molar-refractivity contribution in [2.24, 2.45) is 0 Å². The first-order valence-electron chi connectivity index (χ1n) is 9.08. The molecule has 8 nitrogen and oxygen atoms in total. The van der Waals surface area contributed by atoms with Gasteiger partial charge in [0.15, 0.2) is 11.5 Å². The minimum atomic E-state index is -0.413. The number of para-hydroxylation sites is 1. The number of methoxy groups -OCH3 is 3. The van der Waals surface area contributed by atoms with E-state index in [1.807, 2.05) is 42.5 Å². The average molecular weight is 397 g/mol. The topological polar surface area (TPSA) is 95.7 Å². The minimum absolute atomic E-state index is 0.0674.